The molecule has 4 heteroatoms. The summed E-state index contributed by atoms with van der Waals surface area (Å²) in [5.41, 5.74) is 4.16. The summed E-state index contributed by atoms with van der Waals surface area (Å²) >= 11 is 0. The van der Waals surface area contributed by atoms with Gasteiger partial charge in [0.25, 0.3) is 0 Å². The van der Waals surface area contributed by atoms with Crippen LogP contribution in [0.5, 0.6) is 5.75 Å². The average Bonchev–Trinajstić information content (AvgIpc) is 2.85. The van der Waals surface area contributed by atoms with Crippen molar-refractivity contribution in [1.82, 2.24) is 4.72 Å². The molecule has 2 N–H and O–H groups in total. The molecule has 0 aliphatic carbocycles. The van der Waals surface area contributed by atoms with Crippen molar-refractivity contribution in [3.8, 4) is 5.75 Å². The number of benzene rings is 1. The minimum absolute atomic E-state index is 0.0578. The van der Waals surface area contributed by atoms with Crippen LogP contribution in [0.25, 0.3) is 5.70 Å². The normalized spacial score (nSPS) is 18.6. The molecule has 0 fully saturated rings. The fraction of sp³-hybridized carbons (Fsp3) is 0.526. The summed E-state index contributed by atoms with van der Waals surface area (Å²) in [4.78, 5) is 1.40. The van der Waals surface area contributed by atoms with Gasteiger partial charge >= 0.3 is 0 Å². The van der Waals surface area contributed by atoms with Gasteiger partial charge in [-0.1, -0.05) is 41.5 Å². The second kappa shape index (κ2) is 6.21. The van der Waals surface area contributed by atoms with Gasteiger partial charge in [0.15, 0.2) is 0 Å². The molecule has 0 amide bonds. The molecule has 2 nitrogen and oxygen atoms in total. The molecule has 0 saturated carbocycles. The number of rotatable bonds is 1. The van der Waals surface area contributed by atoms with Crippen LogP contribution >= 0.6 is 20.5 Å². The van der Waals surface area contributed by atoms with Crippen LogP contribution in [0.15, 0.2) is 17.5 Å². The van der Waals surface area contributed by atoms with E-state index in [1.54, 1.807) is 0 Å². The zero-order valence-electron chi connectivity index (χ0n) is 15.5. The number of aromatic hydroxyl groups is 1. The summed E-state index contributed by atoms with van der Waals surface area (Å²) in [6, 6.07) is 4.28. The smallest absolute Gasteiger partial charge is 0.123 e. The fourth-order valence-electron chi connectivity index (χ4n) is 2.50. The van der Waals surface area contributed by atoms with Crippen molar-refractivity contribution >= 4 is 31.1 Å². The van der Waals surface area contributed by atoms with Crippen molar-refractivity contribution < 1.29 is 5.11 Å². The van der Waals surface area contributed by atoms with E-state index in [9.17, 15) is 5.11 Å². The fourth-order valence-corrected chi connectivity index (χ4v) is 5.35. The zero-order valence-corrected chi connectivity index (χ0v) is 17.1. The largest absolute Gasteiger partial charge is 0.507 e. The van der Waals surface area contributed by atoms with Crippen molar-refractivity contribution in [2.24, 2.45) is 0 Å². The summed E-state index contributed by atoms with van der Waals surface area (Å²) in [5.74, 6) is 0.442. The molecule has 0 bridgehead atoms. The Bertz CT molecular complexity index is 649. The van der Waals surface area contributed by atoms with Crippen LogP contribution in [0.2, 0.25) is 0 Å². The van der Waals surface area contributed by atoms with E-state index in [1.807, 2.05) is 10.8 Å². The van der Waals surface area contributed by atoms with Gasteiger partial charge < -0.3 is 9.83 Å². The van der Waals surface area contributed by atoms with Crippen molar-refractivity contribution in [3.05, 3.63) is 34.2 Å². The van der Waals surface area contributed by atoms with Gasteiger partial charge in [-0.3, -0.25) is 0 Å². The maximum atomic E-state index is 10.8. The first-order valence-electron chi connectivity index (χ1n) is 7.98. The van der Waals surface area contributed by atoms with Crippen LogP contribution in [0.3, 0.4) is 0 Å². The maximum Gasteiger partial charge on any atom is 0.123 e. The lowest BCUT2D eigenvalue weighted by atomic mass is 9.78. The Kier molecular flexibility index (Phi) is 4.99. The summed E-state index contributed by atoms with van der Waals surface area (Å²) in [6.45, 7) is 17.2. The molecule has 1 unspecified atom stereocenters. The molecule has 2 rings (SSSR count). The highest BCUT2D eigenvalue weighted by Gasteiger charge is 2.27. The second-order valence-electron chi connectivity index (χ2n) is 8.33. The van der Waals surface area contributed by atoms with E-state index in [0.717, 1.165) is 16.8 Å². The number of phenolic OH excluding ortho intramolecular Hbond substituents is 1. The van der Waals surface area contributed by atoms with E-state index in [4.69, 9.17) is 0 Å². The van der Waals surface area contributed by atoms with Crippen LogP contribution in [0.4, 0.5) is 0 Å². The Morgan fingerprint density at radius 1 is 1.00 bits per heavy atom. The van der Waals surface area contributed by atoms with Crippen LogP contribution in [0.1, 0.15) is 72.1 Å². The number of hydrogen-bond acceptors (Lipinski definition) is 3. The second-order valence-corrected chi connectivity index (χ2v) is 11.9. The number of nitrogens with one attached hydrogen (secondary N) is 1. The molecular formula is C19H29NOS2. The highest BCUT2D eigenvalue weighted by Crippen LogP contribution is 2.45. The third kappa shape index (κ3) is 3.97. The van der Waals surface area contributed by atoms with Crippen molar-refractivity contribution in [2.75, 3.05) is 0 Å². The predicted molar refractivity (Wildman–Crippen MR) is 108 cm³/mol. The van der Waals surface area contributed by atoms with Crippen molar-refractivity contribution in [2.45, 2.75) is 66.2 Å². The van der Waals surface area contributed by atoms with Gasteiger partial charge in [0.2, 0.25) is 0 Å². The third-order valence-electron chi connectivity index (χ3n) is 3.87. The first-order chi connectivity index (χ1) is 10.4. The Balaban J connectivity index is 2.61. The Labute approximate surface area is 147 Å². The van der Waals surface area contributed by atoms with Gasteiger partial charge in [-0.15, -0.1) is 0 Å². The molecule has 1 aromatic carbocycles. The lowest BCUT2D eigenvalue weighted by Gasteiger charge is -2.28. The summed E-state index contributed by atoms with van der Waals surface area (Å²) in [7, 11) is 1.90. The van der Waals surface area contributed by atoms with Crippen molar-refractivity contribution in [3.63, 3.8) is 0 Å². The monoisotopic (exact) mass is 351 g/mol. The average molecular weight is 352 g/mol. The van der Waals surface area contributed by atoms with Gasteiger partial charge in [0.05, 0.1) is 5.70 Å². The minimum Gasteiger partial charge on any atom is -0.507 e. The van der Waals surface area contributed by atoms with Gasteiger partial charge in [0, 0.05) is 16.5 Å². The Hall–Kier alpha value is -0.870. The Morgan fingerprint density at radius 2 is 1.48 bits per heavy atom. The molecule has 1 aliphatic rings. The molecule has 1 aromatic rings. The molecule has 0 aromatic heterocycles. The molecule has 1 aliphatic heterocycles. The van der Waals surface area contributed by atoms with Gasteiger partial charge in [-0.2, -0.15) is 0 Å². The number of phenols is 1. The third-order valence-corrected chi connectivity index (χ3v) is 7.66. The lowest BCUT2D eigenvalue weighted by Crippen LogP contribution is -2.18. The first-order valence-corrected chi connectivity index (χ1v) is 10.6. The SMILES string of the molecule is CC(C)=S1NC(c2cc(C(C)(C)C)c(O)c(C(C)(C)C)c2)=CS1. The van der Waals surface area contributed by atoms with E-state index >= 15 is 0 Å². The van der Waals surface area contributed by atoms with Gasteiger partial charge in [0.1, 0.15) is 5.75 Å². The highest BCUT2D eigenvalue weighted by molar-refractivity contribution is 8.84. The van der Waals surface area contributed by atoms with Crippen LogP contribution in [-0.4, -0.2) is 9.97 Å². The topological polar surface area (TPSA) is 32.3 Å². The quantitative estimate of drug-likeness (QED) is 0.485. The molecule has 0 spiro atoms. The van der Waals surface area contributed by atoms with E-state index in [2.05, 4.69) is 77.7 Å². The van der Waals surface area contributed by atoms with Crippen LogP contribution < -0.4 is 4.72 Å². The van der Waals surface area contributed by atoms with Gasteiger partial charge in [-0.05, 0) is 67.7 Å². The molecule has 128 valence electrons. The van der Waals surface area contributed by atoms with Crippen LogP contribution in [-0.2, 0) is 10.8 Å². The van der Waals surface area contributed by atoms with E-state index < -0.39 is 0 Å². The molecule has 0 radical (unpaired) electrons. The summed E-state index contributed by atoms with van der Waals surface area (Å²) < 4.78 is 3.62. The Morgan fingerprint density at radius 3 is 1.83 bits per heavy atom. The lowest BCUT2D eigenvalue weighted by molar-refractivity contribution is 0.423. The van der Waals surface area contributed by atoms with Crippen molar-refractivity contribution in [1.29, 1.82) is 0 Å². The van der Waals surface area contributed by atoms with Crippen LogP contribution in [0, 0.1) is 0 Å². The highest BCUT2D eigenvalue weighted by atomic mass is 33.1. The zero-order chi connectivity index (χ0) is 17.6. The molecule has 0 saturated heterocycles. The standard InChI is InChI=1S/C19H29NOS2/c1-12(2)23-20-16(11-22-23)13-9-14(18(3,4)5)17(21)15(10-13)19(6,7)8/h9-11,20-21H,1-8H3. The molecular weight excluding hydrogens is 322 g/mol. The summed E-state index contributed by atoms with van der Waals surface area (Å²) in [6.07, 6.45) is 0. The van der Waals surface area contributed by atoms with E-state index in [0.29, 0.717) is 5.75 Å². The molecule has 23 heavy (non-hydrogen) atoms. The maximum absolute atomic E-state index is 10.8. The van der Waals surface area contributed by atoms with Gasteiger partial charge in [-0.25, -0.2) is 0 Å². The minimum atomic E-state index is -0.0963. The first kappa shape index (κ1) is 18.5. The summed E-state index contributed by atoms with van der Waals surface area (Å²) in [5, 5.41) is 13.0. The molecule has 1 atom stereocenters. The molecule has 1 heterocycles. The predicted octanol–water partition coefficient (Wildman–Crippen LogP) is 5.93. The number of hydrogen-bond donors (Lipinski definition) is 2. The van der Waals surface area contributed by atoms with E-state index in [-0.39, 0.29) is 20.5 Å². The van der Waals surface area contributed by atoms with E-state index in [1.165, 1.54) is 10.4 Å².